The Bertz CT molecular complexity index is 623. The molecule has 25 heavy (non-hydrogen) atoms. The molecule has 0 radical (unpaired) electrons. The van der Waals surface area contributed by atoms with Crippen LogP contribution in [0.25, 0.3) is 0 Å². The van der Waals surface area contributed by atoms with Crippen molar-refractivity contribution in [2.45, 2.75) is 46.2 Å². The highest BCUT2D eigenvalue weighted by Crippen LogP contribution is 2.31. The highest BCUT2D eigenvalue weighted by atomic mass is 16.3. The minimum Gasteiger partial charge on any atom is -0.395 e. The molecule has 0 spiro atoms. The van der Waals surface area contributed by atoms with Crippen LogP contribution in [0.15, 0.2) is 12.1 Å². The van der Waals surface area contributed by atoms with Gasteiger partial charge in [-0.3, -0.25) is 14.6 Å². The maximum absolute atomic E-state index is 13.1. The lowest BCUT2D eigenvalue weighted by molar-refractivity contribution is -0.122. The second kappa shape index (κ2) is 7.44. The third-order valence-corrected chi connectivity index (χ3v) is 5.71. The predicted octanol–water partition coefficient (Wildman–Crippen LogP) is 1.72. The fourth-order valence-corrected chi connectivity index (χ4v) is 4.59. The molecule has 1 amide bonds. The van der Waals surface area contributed by atoms with Crippen LogP contribution in [0.3, 0.4) is 0 Å². The molecule has 2 saturated heterocycles. The predicted molar refractivity (Wildman–Crippen MR) is 101 cm³/mol. The van der Waals surface area contributed by atoms with Gasteiger partial charge in [-0.2, -0.15) is 0 Å². The number of aryl methyl sites for hydroxylation is 3. The molecule has 0 unspecified atom stereocenters. The molecular formula is C20H31N3O2. The molecule has 2 heterocycles. The van der Waals surface area contributed by atoms with Crippen LogP contribution in [0.5, 0.6) is 0 Å². The van der Waals surface area contributed by atoms with Crippen LogP contribution in [0.1, 0.15) is 30.0 Å². The monoisotopic (exact) mass is 345 g/mol. The van der Waals surface area contributed by atoms with Crippen LogP contribution in [-0.2, 0) is 4.79 Å². The van der Waals surface area contributed by atoms with E-state index in [1.807, 2.05) is 4.90 Å². The number of carbonyl (C=O) groups is 1. The smallest absolute Gasteiger partial charge is 0.244 e. The van der Waals surface area contributed by atoms with Crippen molar-refractivity contribution in [3.05, 3.63) is 28.8 Å². The van der Waals surface area contributed by atoms with Crippen LogP contribution >= 0.6 is 0 Å². The molecular weight excluding hydrogens is 314 g/mol. The average Bonchev–Trinajstić information content (AvgIpc) is 2.90. The first kappa shape index (κ1) is 18.4. The molecule has 2 aliphatic rings. The third-order valence-electron chi connectivity index (χ3n) is 5.71. The van der Waals surface area contributed by atoms with Gasteiger partial charge in [0.2, 0.25) is 5.91 Å². The van der Waals surface area contributed by atoms with E-state index >= 15 is 0 Å². The average molecular weight is 345 g/mol. The van der Waals surface area contributed by atoms with Gasteiger partial charge >= 0.3 is 0 Å². The number of amides is 1. The normalized spacial score (nSPS) is 25.8. The Morgan fingerprint density at radius 3 is 2.40 bits per heavy atom. The van der Waals surface area contributed by atoms with E-state index in [-0.39, 0.29) is 18.6 Å². The molecule has 2 fully saturated rings. The van der Waals surface area contributed by atoms with Crippen molar-refractivity contribution in [1.29, 1.82) is 0 Å². The van der Waals surface area contributed by atoms with Crippen LogP contribution < -0.4 is 4.90 Å². The van der Waals surface area contributed by atoms with Gasteiger partial charge in [-0.15, -0.1) is 0 Å². The van der Waals surface area contributed by atoms with Crippen LogP contribution in [0.2, 0.25) is 0 Å². The molecule has 0 aromatic heterocycles. The van der Waals surface area contributed by atoms with Gasteiger partial charge in [-0.05, 0) is 45.2 Å². The van der Waals surface area contributed by atoms with Crippen molar-refractivity contribution >= 4 is 11.6 Å². The lowest BCUT2D eigenvalue weighted by atomic mass is 10.0. The van der Waals surface area contributed by atoms with E-state index in [1.165, 1.54) is 16.7 Å². The lowest BCUT2D eigenvalue weighted by Gasteiger charge is -2.41. The molecule has 138 valence electrons. The number of piperazine rings is 1. The first-order valence-corrected chi connectivity index (χ1v) is 9.40. The summed E-state index contributed by atoms with van der Waals surface area (Å²) in [5, 5.41) is 9.17. The van der Waals surface area contributed by atoms with Gasteiger partial charge in [-0.25, -0.2) is 0 Å². The lowest BCUT2D eigenvalue weighted by Crippen LogP contribution is -2.56. The number of aliphatic hydroxyl groups is 1. The molecule has 3 rings (SSSR count). The number of hydrogen-bond donors (Lipinski definition) is 1. The number of nitrogens with zero attached hydrogens (tertiary/aromatic N) is 3. The van der Waals surface area contributed by atoms with Crippen LogP contribution in [0.4, 0.5) is 5.69 Å². The highest BCUT2D eigenvalue weighted by Gasteiger charge is 2.39. The number of hydrogen-bond acceptors (Lipinski definition) is 4. The van der Waals surface area contributed by atoms with Crippen LogP contribution in [-0.4, -0.2) is 72.2 Å². The second-order valence-corrected chi connectivity index (χ2v) is 7.65. The Hall–Kier alpha value is -1.43. The van der Waals surface area contributed by atoms with Gasteiger partial charge in [0.1, 0.15) is 0 Å². The summed E-state index contributed by atoms with van der Waals surface area (Å²) in [5.41, 5.74) is 4.72. The zero-order valence-electron chi connectivity index (χ0n) is 16.0. The van der Waals surface area contributed by atoms with E-state index in [4.69, 9.17) is 0 Å². The van der Waals surface area contributed by atoms with Crippen molar-refractivity contribution in [1.82, 2.24) is 9.80 Å². The van der Waals surface area contributed by atoms with Gasteiger partial charge < -0.3 is 10.0 Å². The summed E-state index contributed by atoms with van der Waals surface area (Å²) < 4.78 is 0. The molecule has 5 heteroatoms. The van der Waals surface area contributed by atoms with E-state index in [9.17, 15) is 9.90 Å². The number of benzene rings is 1. The van der Waals surface area contributed by atoms with Crippen molar-refractivity contribution in [3.63, 3.8) is 0 Å². The van der Waals surface area contributed by atoms with Crippen molar-refractivity contribution < 1.29 is 9.90 Å². The second-order valence-electron chi connectivity index (χ2n) is 7.65. The van der Waals surface area contributed by atoms with Gasteiger partial charge in [-0.1, -0.05) is 17.7 Å². The Labute approximate surface area is 151 Å². The van der Waals surface area contributed by atoms with Gasteiger partial charge in [0.25, 0.3) is 0 Å². The number of carbonyl (C=O) groups excluding carboxylic acids is 1. The number of rotatable bonds is 4. The van der Waals surface area contributed by atoms with E-state index in [0.717, 1.165) is 44.8 Å². The first-order valence-electron chi connectivity index (χ1n) is 9.40. The molecule has 1 aromatic rings. The minimum absolute atomic E-state index is 0.00108. The number of aliphatic hydroxyl groups excluding tert-OH is 1. The van der Waals surface area contributed by atoms with E-state index in [0.29, 0.717) is 6.04 Å². The first-order chi connectivity index (χ1) is 11.9. The maximum atomic E-state index is 13.1. The molecule has 0 saturated carbocycles. The molecule has 2 atom stereocenters. The molecule has 0 aliphatic carbocycles. The Balaban J connectivity index is 1.73. The van der Waals surface area contributed by atoms with Crippen molar-refractivity contribution in [2.75, 3.05) is 44.2 Å². The summed E-state index contributed by atoms with van der Waals surface area (Å²) in [6.07, 6.45) is 0.901. The largest absolute Gasteiger partial charge is 0.395 e. The van der Waals surface area contributed by atoms with Crippen molar-refractivity contribution in [2.24, 2.45) is 0 Å². The Morgan fingerprint density at radius 1 is 1.12 bits per heavy atom. The summed E-state index contributed by atoms with van der Waals surface area (Å²) in [5.74, 6) is 0.248. The van der Waals surface area contributed by atoms with Gasteiger partial charge in [0.05, 0.1) is 12.6 Å². The van der Waals surface area contributed by atoms with E-state index in [2.05, 4.69) is 49.6 Å². The van der Waals surface area contributed by atoms with Crippen LogP contribution in [0, 0.1) is 20.8 Å². The summed E-state index contributed by atoms with van der Waals surface area (Å²) in [6.45, 7) is 13.0. The third kappa shape index (κ3) is 3.59. The van der Waals surface area contributed by atoms with E-state index < -0.39 is 0 Å². The van der Waals surface area contributed by atoms with Gasteiger partial charge in [0.15, 0.2) is 0 Å². The molecule has 1 N–H and O–H groups in total. The highest BCUT2D eigenvalue weighted by molar-refractivity contribution is 6.00. The SMILES string of the molecule is Cc1cc(C)c(N2CC[C@@H](N3CCN(CCO)[C@@H](C)C3)C2=O)c(C)c1. The quantitative estimate of drug-likeness (QED) is 0.903. The fourth-order valence-electron chi connectivity index (χ4n) is 4.59. The topological polar surface area (TPSA) is 47.0 Å². The Kier molecular flexibility index (Phi) is 5.46. The number of β-amino-alcohol motifs (C(OH)–C–C–N with tert-alkyl or cyclic N) is 1. The van der Waals surface area contributed by atoms with Crippen molar-refractivity contribution in [3.8, 4) is 0 Å². The molecule has 2 aliphatic heterocycles. The summed E-state index contributed by atoms with van der Waals surface area (Å²) in [4.78, 5) is 19.8. The minimum atomic E-state index is -0.00108. The standard InChI is InChI=1S/C20H31N3O2/c1-14-11-15(2)19(16(3)12-14)23-6-5-18(20(23)25)22-8-7-21(9-10-24)17(4)13-22/h11-12,17-18,24H,5-10,13H2,1-4H3/t17-,18+/m0/s1. The van der Waals surface area contributed by atoms with E-state index in [1.54, 1.807) is 0 Å². The zero-order chi connectivity index (χ0) is 18.1. The maximum Gasteiger partial charge on any atom is 0.244 e. The molecule has 5 nitrogen and oxygen atoms in total. The molecule has 0 bridgehead atoms. The Morgan fingerprint density at radius 2 is 1.80 bits per heavy atom. The summed E-state index contributed by atoms with van der Waals surface area (Å²) in [6, 6.07) is 4.71. The molecule has 1 aromatic carbocycles. The summed E-state index contributed by atoms with van der Waals surface area (Å²) >= 11 is 0. The fraction of sp³-hybridized carbons (Fsp3) is 0.650. The number of anilines is 1. The zero-order valence-corrected chi connectivity index (χ0v) is 16.0. The summed E-state index contributed by atoms with van der Waals surface area (Å²) in [7, 11) is 0. The van der Waals surface area contributed by atoms with Gasteiger partial charge in [0, 0.05) is 44.5 Å².